The zero-order valence-electron chi connectivity index (χ0n) is 19.2. The lowest BCUT2D eigenvalue weighted by molar-refractivity contribution is -0.113. The predicted molar refractivity (Wildman–Crippen MR) is 128 cm³/mol. The van der Waals surface area contributed by atoms with E-state index in [0.717, 1.165) is 34.1 Å². The number of aryl methyl sites for hydroxylation is 2. The number of nitrogens with one attached hydrogen (secondary N) is 1. The van der Waals surface area contributed by atoms with Crippen LogP contribution in [0.15, 0.2) is 35.7 Å². The minimum absolute atomic E-state index is 0.174. The average molecular weight is 452 g/mol. The van der Waals surface area contributed by atoms with Crippen LogP contribution < -0.4 is 5.32 Å². The van der Waals surface area contributed by atoms with E-state index in [4.69, 9.17) is 4.74 Å². The number of carbonyl (C=O) groups is 1. The molecule has 0 aliphatic carbocycles. The Balaban J connectivity index is 1.75. The molecule has 3 rings (SSSR count). The Morgan fingerprint density at radius 2 is 2.06 bits per heavy atom. The molecule has 0 aliphatic heterocycles. The zero-order chi connectivity index (χ0) is 23.3. The Bertz CT molecular complexity index is 1160. The van der Waals surface area contributed by atoms with E-state index in [1.54, 1.807) is 13.3 Å². The van der Waals surface area contributed by atoms with Crippen molar-refractivity contribution in [1.29, 1.82) is 5.26 Å². The third-order valence-corrected chi connectivity index (χ3v) is 6.45. The van der Waals surface area contributed by atoms with Crippen LogP contribution in [-0.4, -0.2) is 39.5 Å². The van der Waals surface area contributed by atoms with E-state index in [0.29, 0.717) is 24.5 Å². The Morgan fingerprint density at radius 1 is 1.28 bits per heavy atom. The van der Waals surface area contributed by atoms with Crippen molar-refractivity contribution in [3.63, 3.8) is 0 Å². The number of methoxy groups -OCH3 is 1. The number of rotatable bonds is 9. The molecule has 0 saturated heterocycles. The molecule has 3 aromatic rings. The third-order valence-electron chi connectivity index (χ3n) is 5.48. The average Bonchev–Trinajstić information content (AvgIpc) is 3.30. The van der Waals surface area contributed by atoms with Crippen LogP contribution in [0.1, 0.15) is 34.4 Å². The SMILES string of the molecule is COCCCn1c(C)c(C)c(C#N)c1NC(=O)CSc1nccn1-c1ccc(C)cc1C. The van der Waals surface area contributed by atoms with Crippen LogP contribution in [0, 0.1) is 39.0 Å². The topological polar surface area (TPSA) is 84.9 Å². The molecule has 8 heteroatoms. The number of imidazole rings is 1. The highest BCUT2D eigenvalue weighted by Gasteiger charge is 2.20. The second-order valence-corrected chi connectivity index (χ2v) is 8.69. The normalized spacial score (nSPS) is 10.9. The van der Waals surface area contributed by atoms with Crippen molar-refractivity contribution in [2.24, 2.45) is 0 Å². The maximum atomic E-state index is 12.8. The van der Waals surface area contributed by atoms with Gasteiger partial charge in [0.2, 0.25) is 5.91 Å². The first kappa shape index (κ1) is 23.6. The summed E-state index contributed by atoms with van der Waals surface area (Å²) in [6.07, 6.45) is 4.43. The van der Waals surface area contributed by atoms with Crippen molar-refractivity contribution in [1.82, 2.24) is 14.1 Å². The lowest BCUT2D eigenvalue weighted by atomic mass is 10.1. The molecule has 7 nitrogen and oxygen atoms in total. The fourth-order valence-corrected chi connectivity index (χ4v) is 4.50. The molecule has 0 unspecified atom stereocenters. The summed E-state index contributed by atoms with van der Waals surface area (Å²) >= 11 is 1.37. The molecule has 2 aromatic heterocycles. The van der Waals surface area contributed by atoms with Gasteiger partial charge in [0, 0.05) is 38.3 Å². The number of carbonyl (C=O) groups excluding carboxylic acids is 1. The van der Waals surface area contributed by atoms with Crippen molar-refractivity contribution in [3.05, 3.63) is 58.5 Å². The third kappa shape index (κ3) is 5.06. The molecule has 2 heterocycles. The number of hydrogen-bond donors (Lipinski definition) is 1. The summed E-state index contributed by atoms with van der Waals surface area (Å²) in [5, 5.41) is 13.4. The molecular weight excluding hydrogens is 422 g/mol. The van der Waals surface area contributed by atoms with E-state index in [1.165, 1.54) is 17.3 Å². The molecule has 0 fully saturated rings. The Labute approximate surface area is 193 Å². The van der Waals surface area contributed by atoms with Gasteiger partial charge in [0.15, 0.2) is 5.16 Å². The standard InChI is InChI=1S/C24H29N5O2S/c1-16-7-8-21(17(2)13-16)29-11-9-26-24(29)32-15-22(30)27-23-20(14-25)18(3)19(4)28(23)10-6-12-31-5/h7-9,11,13H,6,10,12,15H2,1-5H3,(H,27,30). The number of thioether (sulfide) groups is 1. The van der Waals surface area contributed by atoms with Gasteiger partial charge in [-0.25, -0.2) is 4.98 Å². The van der Waals surface area contributed by atoms with Gasteiger partial charge in [-0.15, -0.1) is 0 Å². The summed E-state index contributed by atoms with van der Waals surface area (Å²) in [5.74, 6) is 0.572. The largest absolute Gasteiger partial charge is 0.385 e. The number of hydrogen-bond acceptors (Lipinski definition) is 5. The van der Waals surface area contributed by atoms with E-state index in [9.17, 15) is 10.1 Å². The lowest BCUT2D eigenvalue weighted by Crippen LogP contribution is -2.19. The van der Waals surface area contributed by atoms with E-state index >= 15 is 0 Å². The van der Waals surface area contributed by atoms with Gasteiger partial charge in [0.25, 0.3) is 0 Å². The summed E-state index contributed by atoms with van der Waals surface area (Å²) in [7, 11) is 1.66. The number of aromatic nitrogens is 3. The summed E-state index contributed by atoms with van der Waals surface area (Å²) in [4.78, 5) is 17.3. The minimum atomic E-state index is -0.174. The van der Waals surface area contributed by atoms with Crippen LogP contribution in [0.25, 0.3) is 5.69 Å². The maximum Gasteiger partial charge on any atom is 0.235 e. The van der Waals surface area contributed by atoms with Crippen molar-refractivity contribution >= 4 is 23.5 Å². The Morgan fingerprint density at radius 3 is 2.75 bits per heavy atom. The highest BCUT2D eigenvalue weighted by molar-refractivity contribution is 7.99. The van der Waals surface area contributed by atoms with Gasteiger partial charge >= 0.3 is 0 Å². The molecule has 0 radical (unpaired) electrons. The van der Waals surface area contributed by atoms with Gasteiger partial charge in [-0.3, -0.25) is 9.36 Å². The molecule has 0 spiro atoms. The monoisotopic (exact) mass is 451 g/mol. The van der Waals surface area contributed by atoms with Crippen LogP contribution >= 0.6 is 11.8 Å². The first-order valence-electron chi connectivity index (χ1n) is 10.5. The van der Waals surface area contributed by atoms with Gasteiger partial charge in [0.05, 0.1) is 17.0 Å². The highest BCUT2D eigenvalue weighted by atomic mass is 32.2. The summed E-state index contributed by atoms with van der Waals surface area (Å²) < 4.78 is 9.14. The van der Waals surface area contributed by atoms with E-state index < -0.39 is 0 Å². The molecule has 0 saturated carbocycles. The smallest absolute Gasteiger partial charge is 0.235 e. The van der Waals surface area contributed by atoms with Gasteiger partial charge < -0.3 is 14.6 Å². The molecule has 0 aliphatic rings. The fourth-order valence-electron chi connectivity index (χ4n) is 3.73. The molecular formula is C24H29N5O2S. The van der Waals surface area contributed by atoms with Crippen molar-refractivity contribution in [3.8, 4) is 11.8 Å². The number of nitriles is 1. The number of anilines is 1. The van der Waals surface area contributed by atoms with Gasteiger partial charge in [-0.05, 0) is 51.3 Å². The zero-order valence-corrected chi connectivity index (χ0v) is 20.0. The molecule has 1 N–H and O–H groups in total. The lowest BCUT2D eigenvalue weighted by Gasteiger charge is -2.13. The van der Waals surface area contributed by atoms with Crippen LogP contribution in [0.2, 0.25) is 0 Å². The number of amides is 1. The first-order chi connectivity index (χ1) is 15.4. The Kier molecular flexibility index (Phi) is 7.78. The van der Waals surface area contributed by atoms with Gasteiger partial charge in [-0.1, -0.05) is 29.5 Å². The van der Waals surface area contributed by atoms with Gasteiger partial charge in [0.1, 0.15) is 11.9 Å². The minimum Gasteiger partial charge on any atom is -0.385 e. The summed E-state index contributed by atoms with van der Waals surface area (Å²) in [5.41, 5.74) is 5.76. The first-order valence-corrected chi connectivity index (χ1v) is 11.5. The second-order valence-electron chi connectivity index (χ2n) is 7.75. The van der Waals surface area contributed by atoms with Crippen molar-refractivity contribution < 1.29 is 9.53 Å². The Hall–Kier alpha value is -3.02. The molecule has 0 atom stereocenters. The number of nitrogens with zero attached hydrogens (tertiary/aromatic N) is 4. The number of benzene rings is 1. The van der Waals surface area contributed by atoms with E-state index in [-0.39, 0.29) is 11.7 Å². The van der Waals surface area contributed by atoms with Crippen LogP contribution in [0.5, 0.6) is 0 Å². The second kappa shape index (κ2) is 10.5. The fraction of sp³-hybridized carbons (Fsp3) is 0.375. The maximum absolute atomic E-state index is 12.8. The van der Waals surface area contributed by atoms with Gasteiger partial charge in [-0.2, -0.15) is 5.26 Å². The highest BCUT2D eigenvalue weighted by Crippen LogP contribution is 2.28. The number of ether oxygens (including phenoxy) is 1. The summed E-state index contributed by atoms with van der Waals surface area (Å²) in [6, 6.07) is 8.50. The molecule has 32 heavy (non-hydrogen) atoms. The molecule has 1 amide bonds. The van der Waals surface area contributed by atoms with E-state index in [2.05, 4.69) is 48.4 Å². The molecule has 1 aromatic carbocycles. The van der Waals surface area contributed by atoms with Crippen molar-refractivity contribution in [2.45, 2.75) is 45.8 Å². The van der Waals surface area contributed by atoms with Crippen LogP contribution in [-0.2, 0) is 16.1 Å². The van der Waals surface area contributed by atoms with Crippen LogP contribution in [0.4, 0.5) is 5.82 Å². The van der Waals surface area contributed by atoms with Crippen molar-refractivity contribution in [2.75, 3.05) is 24.8 Å². The quantitative estimate of drug-likeness (QED) is 0.381. The molecule has 0 bridgehead atoms. The summed E-state index contributed by atoms with van der Waals surface area (Å²) in [6.45, 7) is 9.29. The predicted octanol–water partition coefficient (Wildman–Crippen LogP) is 4.55. The van der Waals surface area contributed by atoms with E-state index in [1.807, 2.05) is 29.2 Å². The molecule has 168 valence electrons. The van der Waals surface area contributed by atoms with Crippen LogP contribution in [0.3, 0.4) is 0 Å².